The summed E-state index contributed by atoms with van der Waals surface area (Å²) in [4.78, 5) is 14.8. The molecule has 1 aliphatic carbocycles. The minimum atomic E-state index is -4.96. The Morgan fingerprint density at radius 1 is 0.833 bits per heavy atom. The lowest BCUT2D eigenvalue weighted by Crippen LogP contribution is -2.55. The molecule has 2 atom stereocenters. The fraction of sp³-hybridized carbons (Fsp3) is 0.650. The van der Waals surface area contributed by atoms with Crippen molar-refractivity contribution in [2.75, 3.05) is 18.4 Å². The second-order valence-corrected chi connectivity index (χ2v) is 7.95. The van der Waals surface area contributed by atoms with Crippen LogP contribution in [0.25, 0.3) is 0 Å². The Morgan fingerprint density at radius 2 is 1.40 bits per heavy atom. The molecule has 0 unspecified atom stereocenters. The van der Waals surface area contributed by atoms with E-state index >= 15 is 0 Å². The van der Waals surface area contributed by atoms with E-state index in [-0.39, 0.29) is 18.2 Å². The molecule has 1 aliphatic heterocycles. The fourth-order valence-electron chi connectivity index (χ4n) is 4.33. The summed E-state index contributed by atoms with van der Waals surface area (Å²) in [5.74, 6) is 0. The minimum Gasteiger partial charge on any atom is -0.334 e. The summed E-state index contributed by atoms with van der Waals surface area (Å²) < 4.78 is 78.0. The van der Waals surface area contributed by atoms with Crippen LogP contribution < -0.4 is 10.6 Å². The molecule has 1 aromatic rings. The number of rotatable bonds is 3. The van der Waals surface area contributed by atoms with Gasteiger partial charge in [-0.1, -0.05) is 19.3 Å². The smallest absolute Gasteiger partial charge is 0.334 e. The highest BCUT2D eigenvalue weighted by atomic mass is 19.4. The number of hydrogen-bond donors (Lipinski definition) is 2. The molecule has 2 aliphatic rings. The topological polar surface area (TPSA) is 44.4 Å². The maximum absolute atomic E-state index is 13.0. The first-order chi connectivity index (χ1) is 14.0. The van der Waals surface area contributed by atoms with Crippen LogP contribution in [0, 0.1) is 0 Å². The van der Waals surface area contributed by atoms with Crippen molar-refractivity contribution in [1.82, 2.24) is 10.2 Å². The maximum atomic E-state index is 13.0. The third-order valence-electron chi connectivity index (χ3n) is 5.75. The van der Waals surface area contributed by atoms with E-state index in [1.165, 1.54) is 6.42 Å². The first kappa shape index (κ1) is 22.7. The van der Waals surface area contributed by atoms with Gasteiger partial charge in [0.25, 0.3) is 0 Å². The summed E-state index contributed by atoms with van der Waals surface area (Å²) in [6, 6.07) is 0.213. The molecule has 4 nitrogen and oxygen atoms in total. The Hall–Kier alpha value is -1.97. The van der Waals surface area contributed by atoms with Crippen molar-refractivity contribution in [3.63, 3.8) is 0 Å². The summed E-state index contributed by atoms with van der Waals surface area (Å²) in [5.41, 5.74) is -3.46. The number of nitrogens with one attached hydrogen (secondary N) is 2. The van der Waals surface area contributed by atoms with Crippen LogP contribution in [0.2, 0.25) is 0 Å². The molecular weight excluding hydrogens is 412 g/mol. The Balaban J connectivity index is 1.73. The number of carbonyl (C=O) groups excluding carboxylic acids is 1. The van der Waals surface area contributed by atoms with E-state index in [1.54, 1.807) is 0 Å². The molecule has 0 bridgehead atoms. The fourth-order valence-corrected chi connectivity index (χ4v) is 4.33. The number of piperidine rings is 1. The average molecular weight is 437 g/mol. The quantitative estimate of drug-likeness (QED) is 0.601. The van der Waals surface area contributed by atoms with Crippen LogP contribution >= 0.6 is 0 Å². The molecular formula is C20H25F6N3O. The number of benzene rings is 1. The maximum Gasteiger partial charge on any atom is 0.416 e. The molecule has 0 aromatic heterocycles. The summed E-state index contributed by atoms with van der Waals surface area (Å²) in [5, 5.41) is 4.95. The van der Waals surface area contributed by atoms with E-state index < -0.39 is 35.2 Å². The zero-order valence-electron chi connectivity index (χ0n) is 16.4. The van der Waals surface area contributed by atoms with Gasteiger partial charge in [-0.25, -0.2) is 4.79 Å². The monoisotopic (exact) mass is 437 g/mol. The van der Waals surface area contributed by atoms with Crippen LogP contribution in [0.4, 0.5) is 36.8 Å². The van der Waals surface area contributed by atoms with Crippen LogP contribution in [-0.4, -0.2) is 36.1 Å². The van der Waals surface area contributed by atoms with Gasteiger partial charge in [0.05, 0.1) is 11.1 Å². The van der Waals surface area contributed by atoms with Gasteiger partial charge in [-0.2, -0.15) is 26.3 Å². The molecule has 1 heterocycles. The standard InChI is InChI=1S/C20H25F6N3O/c21-19(22,23)13-10-14(20(24,25)26)12-15(11-13)27-18(30)28-16-6-2-3-7-17(16)29-8-4-1-5-9-29/h10-12,16-17H,1-9H2,(H2,27,28,30)/t16-,17-/m0/s1. The summed E-state index contributed by atoms with van der Waals surface area (Å²) >= 11 is 0. The summed E-state index contributed by atoms with van der Waals surface area (Å²) in [7, 11) is 0. The number of nitrogens with zero attached hydrogens (tertiary/aromatic N) is 1. The number of halogens is 6. The van der Waals surface area contributed by atoms with Crippen LogP contribution in [0.1, 0.15) is 56.1 Å². The van der Waals surface area contributed by atoms with Gasteiger partial charge in [0.2, 0.25) is 0 Å². The molecule has 1 saturated carbocycles. The molecule has 3 rings (SSSR count). The zero-order valence-corrected chi connectivity index (χ0v) is 16.4. The van der Waals surface area contributed by atoms with Crippen molar-refractivity contribution < 1.29 is 31.1 Å². The number of anilines is 1. The minimum absolute atomic E-state index is 0.0383. The predicted octanol–water partition coefficient (Wildman–Crippen LogP) is 5.64. The normalized spacial score (nSPS) is 23.8. The SMILES string of the molecule is O=C(Nc1cc(C(F)(F)F)cc(C(F)(F)F)c1)N[C@H]1CCCC[C@@H]1N1CCCCC1. The Kier molecular flexibility index (Phi) is 6.84. The Morgan fingerprint density at radius 3 is 1.97 bits per heavy atom. The molecule has 2 N–H and O–H groups in total. The molecule has 1 aromatic carbocycles. The van der Waals surface area contributed by atoms with Crippen molar-refractivity contribution >= 4 is 11.7 Å². The molecule has 10 heteroatoms. The molecule has 0 spiro atoms. The van der Waals surface area contributed by atoms with Gasteiger partial charge in [-0.3, -0.25) is 4.90 Å². The van der Waals surface area contributed by atoms with Gasteiger partial charge in [0.15, 0.2) is 0 Å². The largest absolute Gasteiger partial charge is 0.416 e. The lowest BCUT2D eigenvalue weighted by molar-refractivity contribution is -0.143. The van der Waals surface area contributed by atoms with Gasteiger partial charge < -0.3 is 10.6 Å². The van der Waals surface area contributed by atoms with Gasteiger partial charge in [-0.05, 0) is 57.0 Å². The Labute approximate surface area is 171 Å². The third kappa shape index (κ3) is 5.80. The first-order valence-corrected chi connectivity index (χ1v) is 10.1. The van der Waals surface area contributed by atoms with Crippen molar-refractivity contribution in [2.24, 2.45) is 0 Å². The molecule has 168 valence electrons. The second-order valence-electron chi connectivity index (χ2n) is 7.95. The highest BCUT2D eigenvalue weighted by molar-refractivity contribution is 5.89. The van der Waals surface area contributed by atoms with Crippen LogP contribution in [0.3, 0.4) is 0 Å². The summed E-state index contributed by atoms with van der Waals surface area (Å²) in [6.07, 6.45) is -3.01. The number of carbonyl (C=O) groups is 1. The molecule has 30 heavy (non-hydrogen) atoms. The lowest BCUT2D eigenvalue weighted by atomic mass is 9.88. The van der Waals surface area contributed by atoms with E-state index in [1.807, 2.05) is 0 Å². The molecule has 2 amide bonds. The average Bonchev–Trinajstić information content (AvgIpc) is 2.67. The van der Waals surface area contributed by atoms with E-state index in [4.69, 9.17) is 0 Å². The molecule has 0 radical (unpaired) electrons. The third-order valence-corrected chi connectivity index (χ3v) is 5.75. The van der Waals surface area contributed by atoms with Crippen LogP contribution in [0.5, 0.6) is 0 Å². The zero-order chi connectivity index (χ0) is 21.9. The van der Waals surface area contributed by atoms with E-state index in [0.717, 1.165) is 51.6 Å². The first-order valence-electron chi connectivity index (χ1n) is 10.1. The van der Waals surface area contributed by atoms with E-state index in [9.17, 15) is 31.1 Å². The lowest BCUT2D eigenvalue weighted by Gasteiger charge is -2.42. The van der Waals surface area contributed by atoms with Crippen LogP contribution in [-0.2, 0) is 12.4 Å². The predicted molar refractivity (Wildman–Crippen MR) is 100 cm³/mol. The van der Waals surface area contributed by atoms with Gasteiger partial charge in [0, 0.05) is 17.8 Å². The van der Waals surface area contributed by atoms with Crippen molar-refractivity contribution in [3.8, 4) is 0 Å². The molecule has 2 fully saturated rings. The van der Waals surface area contributed by atoms with Crippen LogP contribution in [0.15, 0.2) is 18.2 Å². The number of urea groups is 1. The van der Waals surface area contributed by atoms with Crippen molar-refractivity contribution in [2.45, 2.75) is 69.4 Å². The molecule has 1 saturated heterocycles. The van der Waals surface area contributed by atoms with Crippen molar-refractivity contribution in [3.05, 3.63) is 29.3 Å². The van der Waals surface area contributed by atoms with Gasteiger partial charge in [-0.15, -0.1) is 0 Å². The van der Waals surface area contributed by atoms with E-state index in [2.05, 4.69) is 15.5 Å². The summed E-state index contributed by atoms with van der Waals surface area (Å²) in [6.45, 7) is 1.88. The van der Waals surface area contributed by atoms with Crippen molar-refractivity contribution in [1.29, 1.82) is 0 Å². The Bertz CT molecular complexity index is 711. The number of likely N-dealkylation sites (tertiary alicyclic amines) is 1. The second kappa shape index (κ2) is 9.03. The number of amides is 2. The van der Waals surface area contributed by atoms with Gasteiger partial charge >= 0.3 is 18.4 Å². The number of alkyl halides is 6. The highest BCUT2D eigenvalue weighted by Crippen LogP contribution is 2.37. The number of hydrogen-bond acceptors (Lipinski definition) is 2. The van der Waals surface area contributed by atoms with E-state index in [0.29, 0.717) is 12.1 Å². The van der Waals surface area contributed by atoms with Gasteiger partial charge in [0.1, 0.15) is 0 Å². The highest BCUT2D eigenvalue weighted by Gasteiger charge is 2.37.